The van der Waals surface area contributed by atoms with Gasteiger partial charge < -0.3 is 9.47 Å². The lowest BCUT2D eigenvalue weighted by Gasteiger charge is -2.26. The van der Waals surface area contributed by atoms with Crippen molar-refractivity contribution >= 4 is 11.6 Å². The third-order valence-electron chi connectivity index (χ3n) is 6.70. The van der Waals surface area contributed by atoms with E-state index in [0.29, 0.717) is 35.8 Å². The van der Waals surface area contributed by atoms with E-state index in [9.17, 15) is 9.59 Å². The molecule has 2 aliphatic heterocycles. The van der Waals surface area contributed by atoms with Gasteiger partial charge in [-0.25, -0.2) is 0 Å². The zero-order valence-electron chi connectivity index (χ0n) is 20.0. The van der Waals surface area contributed by atoms with Gasteiger partial charge in [0.15, 0.2) is 0 Å². The highest BCUT2D eigenvalue weighted by Gasteiger charge is 2.25. The normalized spacial score (nSPS) is 17.3. The smallest absolute Gasteiger partial charge is 0.237 e. The Balaban J connectivity index is 1.38. The van der Waals surface area contributed by atoms with Crippen molar-refractivity contribution in [2.75, 3.05) is 52.5 Å². The highest BCUT2D eigenvalue weighted by Crippen LogP contribution is 2.24. The predicted molar refractivity (Wildman–Crippen MR) is 133 cm³/mol. The van der Waals surface area contributed by atoms with E-state index in [1.165, 1.54) is 38.5 Å². The maximum Gasteiger partial charge on any atom is 0.237 e. The molecule has 2 fully saturated rings. The largest absolute Gasteiger partial charge is 0.491 e. The molecule has 0 atom stereocenters. The molecule has 2 saturated heterocycles. The molecule has 0 N–H and O–H groups in total. The van der Waals surface area contributed by atoms with Gasteiger partial charge in [-0.15, -0.1) is 0 Å². The standard InChI is InChI=1S/C28H36N2O4/c31-27(23-11-3-5-13-25(23)33-21-19-29-15-7-1-8-16-29)28(32)24-12-4-6-14-26(24)34-22-20-30-17-9-2-10-18-30/h3-6,11-14H,1-2,7-10,15-22H2. The molecule has 0 radical (unpaired) electrons. The van der Waals surface area contributed by atoms with Crippen molar-refractivity contribution in [3.8, 4) is 11.5 Å². The van der Waals surface area contributed by atoms with E-state index in [0.717, 1.165) is 39.3 Å². The Bertz CT molecular complexity index is 871. The fraction of sp³-hybridized carbons (Fsp3) is 0.500. The summed E-state index contributed by atoms with van der Waals surface area (Å²) in [7, 11) is 0. The average molecular weight is 465 g/mol. The first-order valence-electron chi connectivity index (χ1n) is 12.7. The fourth-order valence-electron chi connectivity index (χ4n) is 4.74. The Morgan fingerprint density at radius 3 is 1.38 bits per heavy atom. The summed E-state index contributed by atoms with van der Waals surface area (Å²) in [5, 5.41) is 0. The Morgan fingerprint density at radius 2 is 0.971 bits per heavy atom. The van der Waals surface area contributed by atoms with E-state index < -0.39 is 11.6 Å². The first kappa shape index (κ1) is 24.4. The number of Topliss-reactive ketones (excluding diaryl/α,β-unsaturated/α-hetero) is 2. The van der Waals surface area contributed by atoms with Crippen LogP contribution in [-0.4, -0.2) is 73.8 Å². The number of benzene rings is 2. The minimum atomic E-state index is -0.569. The molecule has 0 saturated carbocycles. The van der Waals surface area contributed by atoms with Crippen molar-refractivity contribution in [2.45, 2.75) is 38.5 Å². The summed E-state index contributed by atoms with van der Waals surface area (Å²) in [4.78, 5) is 31.2. The first-order chi connectivity index (χ1) is 16.7. The van der Waals surface area contributed by atoms with Gasteiger partial charge in [-0.05, 0) is 76.1 Å². The molecule has 6 nitrogen and oxygen atoms in total. The van der Waals surface area contributed by atoms with Crippen LogP contribution in [0, 0.1) is 0 Å². The van der Waals surface area contributed by atoms with Gasteiger partial charge in [0, 0.05) is 13.1 Å². The molecule has 0 aromatic heterocycles. The summed E-state index contributed by atoms with van der Waals surface area (Å²) < 4.78 is 11.9. The second-order valence-electron chi connectivity index (χ2n) is 9.15. The monoisotopic (exact) mass is 464 g/mol. The quantitative estimate of drug-likeness (QED) is 0.361. The molecule has 6 heteroatoms. The van der Waals surface area contributed by atoms with Gasteiger partial charge >= 0.3 is 0 Å². The molecule has 0 spiro atoms. The summed E-state index contributed by atoms with van der Waals surface area (Å²) in [5.41, 5.74) is 0.600. The van der Waals surface area contributed by atoms with Crippen molar-refractivity contribution in [3.05, 3.63) is 59.7 Å². The molecule has 2 aromatic rings. The number of carbonyl (C=O) groups excluding carboxylic acids is 2. The van der Waals surface area contributed by atoms with E-state index in [1.54, 1.807) is 36.4 Å². The van der Waals surface area contributed by atoms with Crippen LogP contribution in [0.15, 0.2) is 48.5 Å². The number of hydrogen-bond donors (Lipinski definition) is 0. The summed E-state index contributed by atoms with van der Waals surface area (Å²) in [6.07, 6.45) is 7.48. The Morgan fingerprint density at radius 1 is 0.588 bits per heavy atom. The summed E-state index contributed by atoms with van der Waals surface area (Å²) in [5.74, 6) is -0.218. The summed E-state index contributed by atoms with van der Waals surface area (Å²) in [6, 6.07) is 14.0. The van der Waals surface area contributed by atoms with E-state index in [1.807, 2.05) is 12.1 Å². The van der Waals surface area contributed by atoms with Crippen molar-refractivity contribution in [1.82, 2.24) is 9.80 Å². The number of hydrogen-bond acceptors (Lipinski definition) is 6. The lowest BCUT2D eigenvalue weighted by Crippen LogP contribution is -2.33. The molecule has 0 unspecified atom stereocenters. The Labute approximate surface area is 202 Å². The lowest BCUT2D eigenvalue weighted by atomic mass is 10.00. The number of piperidine rings is 2. The molecular weight excluding hydrogens is 428 g/mol. The van der Waals surface area contributed by atoms with E-state index in [4.69, 9.17) is 9.47 Å². The molecule has 182 valence electrons. The van der Waals surface area contributed by atoms with Gasteiger partial charge in [0.2, 0.25) is 11.6 Å². The minimum Gasteiger partial charge on any atom is -0.491 e. The number of nitrogens with zero attached hydrogens (tertiary/aromatic N) is 2. The van der Waals surface area contributed by atoms with Gasteiger partial charge in [-0.1, -0.05) is 37.1 Å². The number of rotatable bonds is 11. The number of carbonyl (C=O) groups is 2. The number of para-hydroxylation sites is 2. The van der Waals surface area contributed by atoms with Gasteiger partial charge in [0.25, 0.3) is 0 Å². The molecule has 2 aliphatic rings. The SMILES string of the molecule is O=C(C(=O)c1ccccc1OCCN1CCCCC1)c1ccccc1OCCN1CCCCC1. The molecule has 2 aromatic carbocycles. The van der Waals surface area contributed by atoms with Crippen LogP contribution in [0.1, 0.15) is 59.2 Å². The van der Waals surface area contributed by atoms with Crippen LogP contribution in [0.25, 0.3) is 0 Å². The number of ether oxygens (including phenoxy) is 2. The maximum atomic E-state index is 13.2. The second-order valence-corrected chi connectivity index (χ2v) is 9.15. The average Bonchev–Trinajstić information content (AvgIpc) is 2.90. The number of likely N-dealkylation sites (tertiary alicyclic amines) is 2. The van der Waals surface area contributed by atoms with E-state index in [-0.39, 0.29) is 0 Å². The van der Waals surface area contributed by atoms with Gasteiger partial charge in [0.1, 0.15) is 24.7 Å². The van der Waals surface area contributed by atoms with Crippen molar-refractivity contribution in [1.29, 1.82) is 0 Å². The van der Waals surface area contributed by atoms with Gasteiger partial charge in [0.05, 0.1) is 11.1 Å². The zero-order chi connectivity index (χ0) is 23.6. The molecule has 0 amide bonds. The van der Waals surface area contributed by atoms with Crippen molar-refractivity contribution in [3.63, 3.8) is 0 Å². The van der Waals surface area contributed by atoms with Crippen LogP contribution >= 0.6 is 0 Å². The van der Waals surface area contributed by atoms with Crippen LogP contribution in [0.4, 0.5) is 0 Å². The van der Waals surface area contributed by atoms with Gasteiger partial charge in [-0.3, -0.25) is 19.4 Å². The van der Waals surface area contributed by atoms with Crippen LogP contribution in [-0.2, 0) is 0 Å². The molecule has 34 heavy (non-hydrogen) atoms. The highest BCUT2D eigenvalue weighted by molar-refractivity contribution is 6.50. The first-order valence-corrected chi connectivity index (χ1v) is 12.7. The zero-order valence-corrected chi connectivity index (χ0v) is 20.0. The molecular formula is C28H36N2O4. The summed E-state index contributed by atoms with van der Waals surface area (Å²) in [6.45, 7) is 7.01. The highest BCUT2D eigenvalue weighted by atomic mass is 16.5. The Kier molecular flexibility index (Phi) is 9.11. The maximum absolute atomic E-state index is 13.2. The van der Waals surface area contributed by atoms with E-state index >= 15 is 0 Å². The van der Waals surface area contributed by atoms with Crippen LogP contribution < -0.4 is 9.47 Å². The predicted octanol–water partition coefficient (Wildman–Crippen LogP) is 4.48. The molecule has 4 rings (SSSR count). The lowest BCUT2D eigenvalue weighted by molar-refractivity contribution is 0.0811. The van der Waals surface area contributed by atoms with Crippen LogP contribution in [0.2, 0.25) is 0 Å². The number of ketones is 2. The summed E-state index contributed by atoms with van der Waals surface area (Å²) >= 11 is 0. The fourth-order valence-corrected chi connectivity index (χ4v) is 4.74. The van der Waals surface area contributed by atoms with Crippen LogP contribution in [0.5, 0.6) is 11.5 Å². The van der Waals surface area contributed by atoms with Gasteiger partial charge in [-0.2, -0.15) is 0 Å². The molecule has 0 aliphatic carbocycles. The Hall–Kier alpha value is -2.70. The third kappa shape index (κ3) is 6.67. The van der Waals surface area contributed by atoms with Crippen molar-refractivity contribution in [2.24, 2.45) is 0 Å². The second kappa shape index (κ2) is 12.7. The topological polar surface area (TPSA) is 59.1 Å². The minimum absolute atomic E-state index is 0.300. The third-order valence-corrected chi connectivity index (χ3v) is 6.70. The molecule has 0 bridgehead atoms. The van der Waals surface area contributed by atoms with Crippen molar-refractivity contribution < 1.29 is 19.1 Å². The van der Waals surface area contributed by atoms with E-state index in [2.05, 4.69) is 9.80 Å². The van der Waals surface area contributed by atoms with Crippen LogP contribution in [0.3, 0.4) is 0 Å². The molecule has 2 heterocycles.